The van der Waals surface area contributed by atoms with Gasteiger partial charge in [-0.1, -0.05) is 6.07 Å². The lowest BCUT2D eigenvalue weighted by molar-refractivity contribution is 0.0987. The Morgan fingerprint density at radius 1 is 1.36 bits per heavy atom. The lowest BCUT2D eigenvalue weighted by Gasteiger charge is -2.27. The van der Waals surface area contributed by atoms with Crippen molar-refractivity contribution < 1.29 is 13.9 Å². The van der Waals surface area contributed by atoms with Crippen LogP contribution in [0.25, 0.3) is 0 Å². The van der Waals surface area contributed by atoms with Crippen molar-refractivity contribution in [1.29, 1.82) is 0 Å². The normalized spacial score (nSPS) is 16.1. The largest absolute Gasteiger partial charge is 0.494 e. The van der Waals surface area contributed by atoms with Crippen LogP contribution in [0.1, 0.15) is 34.1 Å². The Hall–Kier alpha value is -1.76. The van der Waals surface area contributed by atoms with E-state index in [0.29, 0.717) is 18.2 Å². The number of benzene rings is 1. The zero-order valence-corrected chi connectivity index (χ0v) is 15.2. The van der Waals surface area contributed by atoms with Crippen LogP contribution in [0, 0.1) is 5.82 Å². The molecule has 3 rings (SSSR count). The number of ether oxygens (including phenoxy) is 1. The van der Waals surface area contributed by atoms with Crippen molar-refractivity contribution in [3.8, 4) is 5.75 Å². The van der Waals surface area contributed by atoms with E-state index in [1.54, 1.807) is 17.4 Å². The monoisotopic (exact) mass is 362 g/mol. The van der Waals surface area contributed by atoms with Gasteiger partial charge >= 0.3 is 0 Å². The minimum absolute atomic E-state index is 0.118. The molecular formula is C19H23FN2O2S. The highest BCUT2D eigenvalue weighted by Crippen LogP contribution is 2.27. The summed E-state index contributed by atoms with van der Waals surface area (Å²) in [5.74, 6) is -0.480. The van der Waals surface area contributed by atoms with Crippen LogP contribution in [0.3, 0.4) is 0 Å². The molecular weight excluding hydrogens is 339 g/mol. The molecule has 1 aliphatic heterocycles. The average molecular weight is 362 g/mol. The molecule has 2 aromatic rings. The number of rotatable bonds is 8. The number of methoxy groups -OCH3 is 1. The summed E-state index contributed by atoms with van der Waals surface area (Å²) in [4.78, 5) is 16.1. The summed E-state index contributed by atoms with van der Waals surface area (Å²) in [5.41, 5.74) is 0.361. The van der Waals surface area contributed by atoms with Gasteiger partial charge in [0.05, 0.1) is 19.7 Å². The number of carbonyl (C=O) groups excluding carboxylic acids is 1. The zero-order valence-electron chi connectivity index (χ0n) is 14.3. The minimum atomic E-state index is -0.512. The van der Waals surface area contributed by atoms with E-state index in [1.807, 2.05) is 0 Å². The van der Waals surface area contributed by atoms with Gasteiger partial charge in [0, 0.05) is 17.0 Å². The Bertz CT molecular complexity index is 699. The summed E-state index contributed by atoms with van der Waals surface area (Å²) in [6.07, 6.45) is 2.46. The third kappa shape index (κ3) is 4.45. The number of likely N-dealkylation sites (tertiary alicyclic amines) is 1. The molecule has 2 heterocycles. The number of carbonyl (C=O) groups is 1. The quantitative estimate of drug-likeness (QED) is 0.730. The molecule has 25 heavy (non-hydrogen) atoms. The molecule has 4 nitrogen and oxygen atoms in total. The van der Waals surface area contributed by atoms with E-state index in [-0.39, 0.29) is 18.1 Å². The molecule has 1 atom stereocenters. The summed E-state index contributed by atoms with van der Waals surface area (Å²) >= 11 is 1.75. The average Bonchev–Trinajstić information content (AvgIpc) is 3.32. The molecule has 0 radical (unpaired) electrons. The molecule has 0 bridgehead atoms. The van der Waals surface area contributed by atoms with Crippen LogP contribution >= 0.6 is 11.3 Å². The fourth-order valence-corrected chi connectivity index (χ4v) is 4.07. The SMILES string of the molecule is COc1ccc(C(=O)CNCC(c2cccs2)N2CCCC2)cc1F. The Labute approximate surface area is 151 Å². The Balaban J connectivity index is 1.58. The summed E-state index contributed by atoms with van der Waals surface area (Å²) < 4.78 is 18.6. The number of nitrogens with zero attached hydrogens (tertiary/aromatic N) is 1. The summed E-state index contributed by atoms with van der Waals surface area (Å²) in [6, 6.07) is 8.83. The van der Waals surface area contributed by atoms with Gasteiger partial charge in [-0.25, -0.2) is 4.39 Å². The topological polar surface area (TPSA) is 41.6 Å². The molecule has 1 aromatic carbocycles. The minimum Gasteiger partial charge on any atom is -0.494 e. The zero-order chi connectivity index (χ0) is 17.6. The third-order valence-electron chi connectivity index (χ3n) is 4.55. The van der Waals surface area contributed by atoms with E-state index >= 15 is 0 Å². The predicted molar refractivity (Wildman–Crippen MR) is 98.0 cm³/mol. The number of hydrogen-bond donors (Lipinski definition) is 1. The van der Waals surface area contributed by atoms with Crippen molar-refractivity contribution in [1.82, 2.24) is 10.2 Å². The maximum atomic E-state index is 13.7. The second kappa shape index (κ2) is 8.56. The van der Waals surface area contributed by atoms with Crippen molar-refractivity contribution in [3.63, 3.8) is 0 Å². The molecule has 1 aromatic heterocycles. The van der Waals surface area contributed by atoms with Crippen molar-refractivity contribution in [2.24, 2.45) is 0 Å². The fourth-order valence-electron chi connectivity index (χ4n) is 3.21. The highest BCUT2D eigenvalue weighted by Gasteiger charge is 2.24. The predicted octanol–water partition coefficient (Wildman–Crippen LogP) is 3.51. The van der Waals surface area contributed by atoms with Crippen LogP contribution in [0.15, 0.2) is 35.7 Å². The van der Waals surface area contributed by atoms with Gasteiger partial charge in [-0.15, -0.1) is 11.3 Å². The standard InChI is InChI=1S/C19H23FN2O2S/c1-24-18-7-6-14(11-15(18)20)17(23)13-21-12-16(19-5-4-10-25-19)22-8-2-3-9-22/h4-7,10-11,16,21H,2-3,8-9,12-13H2,1H3. The van der Waals surface area contributed by atoms with Crippen molar-refractivity contribution in [2.45, 2.75) is 18.9 Å². The smallest absolute Gasteiger partial charge is 0.176 e. The Morgan fingerprint density at radius 3 is 2.80 bits per heavy atom. The van der Waals surface area contributed by atoms with Gasteiger partial charge in [0.2, 0.25) is 0 Å². The van der Waals surface area contributed by atoms with Crippen molar-refractivity contribution in [2.75, 3.05) is 33.3 Å². The van der Waals surface area contributed by atoms with Crippen LogP contribution < -0.4 is 10.1 Å². The molecule has 1 fully saturated rings. The van der Waals surface area contributed by atoms with Gasteiger partial charge in [0.25, 0.3) is 0 Å². The van der Waals surface area contributed by atoms with Gasteiger partial charge < -0.3 is 10.1 Å². The number of Topliss-reactive ketones (excluding diaryl/α,β-unsaturated/α-hetero) is 1. The van der Waals surface area contributed by atoms with Crippen LogP contribution in [0.4, 0.5) is 4.39 Å². The van der Waals surface area contributed by atoms with Crippen LogP contribution in [0.2, 0.25) is 0 Å². The van der Waals surface area contributed by atoms with E-state index in [1.165, 1.54) is 37.0 Å². The van der Waals surface area contributed by atoms with Gasteiger partial charge in [-0.05, 0) is 55.6 Å². The first-order valence-electron chi connectivity index (χ1n) is 8.54. The van der Waals surface area contributed by atoms with Gasteiger partial charge in [0.1, 0.15) is 0 Å². The maximum absolute atomic E-state index is 13.7. The molecule has 0 aliphatic carbocycles. The molecule has 1 saturated heterocycles. The molecule has 134 valence electrons. The van der Waals surface area contributed by atoms with Crippen molar-refractivity contribution in [3.05, 3.63) is 52.0 Å². The first kappa shape index (κ1) is 18.0. The van der Waals surface area contributed by atoms with E-state index in [4.69, 9.17) is 4.74 Å². The van der Waals surface area contributed by atoms with Gasteiger partial charge in [-0.3, -0.25) is 9.69 Å². The Kier molecular flexibility index (Phi) is 6.18. The molecule has 0 saturated carbocycles. The van der Waals surface area contributed by atoms with Crippen LogP contribution in [-0.4, -0.2) is 44.0 Å². The van der Waals surface area contributed by atoms with E-state index in [9.17, 15) is 9.18 Å². The highest BCUT2D eigenvalue weighted by atomic mass is 32.1. The number of hydrogen-bond acceptors (Lipinski definition) is 5. The molecule has 6 heteroatoms. The van der Waals surface area contributed by atoms with Crippen molar-refractivity contribution >= 4 is 17.1 Å². The van der Waals surface area contributed by atoms with E-state index in [0.717, 1.165) is 13.1 Å². The summed E-state index contributed by atoms with van der Waals surface area (Å²) in [5, 5.41) is 5.35. The molecule has 0 amide bonds. The van der Waals surface area contributed by atoms with Crippen LogP contribution in [-0.2, 0) is 0 Å². The van der Waals surface area contributed by atoms with E-state index in [2.05, 4.69) is 27.7 Å². The number of nitrogens with one attached hydrogen (secondary N) is 1. The summed E-state index contributed by atoms with van der Waals surface area (Å²) in [7, 11) is 1.41. The molecule has 1 aliphatic rings. The third-order valence-corrected chi connectivity index (χ3v) is 5.52. The van der Waals surface area contributed by atoms with Gasteiger partial charge in [-0.2, -0.15) is 0 Å². The lowest BCUT2D eigenvalue weighted by Crippen LogP contribution is -2.35. The second-order valence-corrected chi connectivity index (χ2v) is 7.16. The maximum Gasteiger partial charge on any atom is 0.176 e. The first-order valence-corrected chi connectivity index (χ1v) is 9.42. The number of halogens is 1. The Morgan fingerprint density at radius 2 is 2.16 bits per heavy atom. The first-order chi connectivity index (χ1) is 12.2. The van der Waals surface area contributed by atoms with Gasteiger partial charge in [0.15, 0.2) is 17.3 Å². The summed E-state index contributed by atoms with van der Waals surface area (Å²) in [6.45, 7) is 3.11. The second-order valence-electron chi connectivity index (χ2n) is 6.18. The highest BCUT2D eigenvalue weighted by molar-refractivity contribution is 7.10. The fraction of sp³-hybridized carbons (Fsp3) is 0.421. The molecule has 0 spiro atoms. The van der Waals surface area contributed by atoms with E-state index < -0.39 is 5.82 Å². The number of thiophene rings is 1. The molecule has 1 unspecified atom stereocenters. The lowest BCUT2D eigenvalue weighted by atomic mass is 10.1. The van der Waals surface area contributed by atoms with Crippen LogP contribution in [0.5, 0.6) is 5.75 Å². The molecule has 1 N–H and O–H groups in total. The number of ketones is 1.